The van der Waals surface area contributed by atoms with Crippen molar-refractivity contribution in [3.63, 3.8) is 0 Å². The van der Waals surface area contributed by atoms with Crippen molar-refractivity contribution in [3.05, 3.63) is 30.0 Å². The number of alkyl halides is 2. The number of imide groups is 1. The summed E-state index contributed by atoms with van der Waals surface area (Å²) in [5, 5.41) is 20.3. The van der Waals surface area contributed by atoms with Crippen LogP contribution in [-0.2, 0) is 9.59 Å². The maximum atomic E-state index is 13.9. The van der Waals surface area contributed by atoms with E-state index in [1.54, 1.807) is 0 Å². The number of carbonyl (C=O) groups excluding carboxylic acids is 2. The van der Waals surface area contributed by atoms with Crippen molar-refractivity contribution in [3.8, 4) is 0 Å². The van der Waals surface area contributed by atoms with Crippen LogP contribution in [0.4, 0.5) is 8.78 Å². The summed E-state index contributed by atoms with van der Waals surface area (Å²) in [6.45, 7) is 3.48. The lowest BCUT2D eigenvalue weighted by atomic mass is 9.70. The van der Waals surface area contributed by atoms with Crippen LogP contribution < -0.4 is 0 Å². The fourth-order valence-electron chi connectivity index (χ4n) is 9.79. The lowest BCUT2D eigenvalue weighted by molar-refractivity contribution is -0.143. The number of aromatic amines is 1. The largest absolute Gasteiger partial charge is 0.389 e. The molecule has 2 saturated heterocycles. The maximum Gasteiger partial charge on any atom is 0.254 e. The van der Waals surface area contributed by atoms with Crippen LogP contribution in [0.3, 0.4) is 0 Å². The van der Waals surface area contributed by atoms with E-state index in [0.717, 1.165) is 57.3 Å². The fraction of sp³-hybridized carbons (Fsp3) is 0.710. The highest BCUT2D eigenvalue weighted by atomic mass is 19.3. The Hall–Kier alpha value is -2.39. The fourth-order valence-corrected chi connectivity index (χ4v) is 9.79. The number of nitrogens with zero attached hydrogens (tertiary/aromatic N) is 3. The number of aliphatic hydroxyl groups is 1. The molecule has 2 N–H and O–H groups in total. The molecule has 7 nitrogen and oxygen atoms in total. The second-order valence-electron chi connectivity index (χ2n) is 13.8. The predicted molar refractivity (Wildman–Crippen MR) is 143 cm³/mol. The van der Waals surface area contributed by atoms with Gasteiger partial charge in [0.05, 0.1) is 34.6 Å². The number of nitrogens with one attached hydrogen (secondary N) is 1. The van der Waals surface area contributed by atoms with Crippen LogP contribution in [0.15, 0.2) is 24.3 Å². The zero-order chi connectivity index (χ0) is 27.4. The van der Waals surface area contributed by atoms with Crippen molar-refractivity contribution in [2.24, 2.45) is 41.4 Å². The van der Waals surface area contributed by atoms with Crippen molar-refractivity contribution in [1.29, 1.82) is 0 Å². The molecule has 2 bridgehead atoms. The molecule has 4 saturated carbocycles. The van der Waals surface area contributed by atoms with E-state index in [9.17, 15) is 23.5 Å². The number of fused-ring (bicyclic) bond motifs is 6. The summed E-state index contributed by atoms with van der Waals surface area (Å²) >= 11 is 0. The number of H-pyrrole nitrogens is 1. The van der Waals surface area contributed by atoms with E-state index in [4.69, 9.17) is 0 Å². The van der Waals surface area contributed by atoms with Gasteiger partial charge in [-0.1, -0.05) is 24.6 Å². The quantitative estimate of drug-likeness (QED) is 0.525. The van der Waals surface area contributed by atoms with Crippen molar-refractivity contribution in [2.45, 2.75) is 68.8 Å². The molecule has 0 radical (unpaired) electrons. The molecule has 1 aromatic heterocycles. The van der Waals surface area contributed by atoms with Crippen LogP contribution in [0, 0.1) is 41.4 Å². The first kappa shape index (κ1) is 25.3. The molecule has 40 heavy (non-hydrogen) atoms. The Labute approximate surface area is 232 Å². The van der Waals surface area contributed by atoms with Gasteiger partial charge in [-0.3, -0.25) is 19.6 Å². The highest BCUT2D eigenvalue weighted by Crippen LogP contribution is 2.68. The first-order chi connectivity index (χ1) is 19.2. The molecule has 6 fully saturated rings. The molecule has 0 spiro atoms. The zero-order valence-corrected chi connectivity index (χ0v) is 22.8. The normalized spacial score (nSPS) is 41.0. The Morgan fingerprint density at radius 3 is 2.42 bits per heavy atom. The SMILES string of the molecule is O=C1C2C3CC(C2C(=O)N1CC1CCC[C@@H]1CN1CCC(c2n[nH]c4ccccc24)CC1)C(O)(C1CC1(F)F)C3. The van der Waals surface area contributed by atoms with Crippen molar-refractivity contribution >= 4 is 22.7 Å². The standard InChI is InChI=1S/C31H38F2N4O3/c32-31(33)14-24(31)30(40)13-20-12-22(30)26-25(20)28(38)37(29(26)39)16-19-5-3-4-18(19)15-36-10-8-17(9-11-36)27-21-6-1-2-7-23(21)34-35-27/h1-2,6-7,17-20,22,24-26,40H,3-5,8-16H2,(H,34,35)/t18-,19?,20?,22?,24?,25?,26?,30?/m1/s1. The lowest BCUT2D eigenvalue weighted by Gasteiger charge is -2.37. The molecular weight excluding hydrogens is 514 g/mol. The van der Waals surface area contributed by atoms with Gasteiger partial charge in [0.2, 0.25) is 11.8 Å². The number of piperidine rings is 1. The average Bonchev–Trinajstić information content (AvgIpc) is 3.51. The minimum atomic E-state index is -2.84. The van der Waals surface area contributed by atoms with Gasteiger partial charge in [-0.05, 0) is 75.4 Å². The minimum Gasteiger partial charge on any atom is -0.389 e. The Bertz CT molecular complexity index is 1360. The van der Waals surface area contributed by atoms with E-state index in [2.05, 4.69) is 33.3 Å². The molecule has 8 atom stereocenters. The third kappa shape index (κ3) is 3.68. The Kier molecular flexibility index (Phi) is 5.58. The number of aromatic nitrogens is 2. The zero-order valence-electron chi connectivity index (χ0n) is 22.8. The maximum absolute atomic E-state index is 13.9. The third-order valence-corrected chi connectivity index (χ3v) is 11.8. The lowest BCUT2D eigenvalue weighted by Crippen LogP contribution is -2.47. The second kappa shape index (κ2) is 8.81. The molecular formula is C31H38F2N4O3. The van der Waals surface area contributed by atoms with E-state index >= 15 is 0 Å². The summed E-state index contributed by atoms with van der Waals surface area (Å²) in [7, 11) is 0. The van der Waals surface area contributed by atoms with Crippen LogP contribution >= 0.6 is 0 Å². The highest BCUT2D eigenvalue weighted by Gasteiger charge is 2.76. The number of hydrogen-bond donors (Lipinski definition) is 2. The molecule has 6 aliphatic rings. The van der Waals surface area contributed by atoms with Crippen LogP contribution in [0.25, 0.3) is 10.9 Å². The smallest absolute Gasteiger partial charge is 0.254 e. The molecule has 4 aliphatic carbocycles. The molecule has 2 amide bonds. The third-order valence-electron chi connectivity index (χ3n) is 11.8. The van der Waals surface area contributed by atoms with Gasteiger partial charge in [0.25, 0.3) is 5.92 Å². The summed E-state index contributed by atoms with van der Waals surface area (Å²) in [5.74, 6) is -4.69. The number of rotatable bonds is 6. The van der Waals surface area contributed by atoms with Crippen molar-refractivity contribution < 1.29 is 23.5 Å². The van der Waals surface area contributed by atoms with E-state index in [0.29, 0.717) is 24.8 Å². The van der Waals surface area contributed by atoms with Crippen molar-refractivity contribution in [2.75, 3.05) is 26.2 Å². The van der Waals surface area contributed by atoms with E-state index < -0.39 is 35.2 Å². The number of benzene rings is 1. The van der Waals surface area contributed by atoms with Crippen LogP contribution in [0.2, 0.25) is 0 Å². The van der Waals surface area contributed by atoms with Gasteiger partial charge in [-0.15, -0.1) is 0 Å². The van der Waals surface area contributed by atoms with Gasteiger partial charge >= 0.3 is 0 Å². The summed E-state index contributed by atoms with van der Waals surface area (Å²) in [5.41, 5.74) is 0.773. The summed E-state index contributed by atoms with van der Waals surface area (Å²) in [6.07, 6.45) is 5.85. The molecule has 1 aromatic carbocycles. The highest BCUT2D eigenvalue weighted by molar-refractivity contribution is 6.06. The predicted octanol–water partition coefficient (Wildman–Crippen LogP) is 4.19. The molecule has 214 valence electrons. The molecule has 8 rings (SSSR count). The topological polar surface area (TPSA) is 89.5 Å². The Morgan fingerprint density at radius 1 is 0.975 bits per heavy atom. The van der Waals surface area contributed by atoms with E-state index in [1.165, 1.54) is 16.0 Å². The van der Waals surface area contributed by atoms with Crippen LogP contribution in [-0.4, -0.2) is 74.6 Å². The molecule has 3 heterocycles. The molecule has 2 aromatic rings. The second-order valence-corrected chi connectivity index (χ2v) is 13.8. The molecule has 9 heteroatoms. The minimum absolute atomic E-state index is 0.107. The number of hydrogen-bond acceptors (Lipinski definition) is 5. The van der Waals surface area contributed by atoms with Gasteiger partial charge in [-0.2, -0.15) is 5.10 Å². The summed E-state index contributed by atoms with van der Waals surface area (Å²) in [4.78, 5) is 31.1. The first-order valence-electron chi connectivity index (χ1n) is 15.4. The Balaban J connectivity index is 0.904. The molecule has 7 unspecified atom stereocenters. The number of likely N-dealkylation sites (tertiary alicyclic amines) is 2. The number of carbonyl (C=O) groups is 2. The Morgan fingerprint density at radius 2 is 1.68 bits per heavy atom. The van der Waals surface area contributed by atoms with Gasteiger partial charge in [-0.25, -0.2) is 8.78 Å². The van der Waals surface area contributed by atoms with E-state index in [-0.39, 0.29) is 36.5 Å². The first-order valence-corrected chi connectivity index (χ1v) is 15.4. The number of amides is 2. The summed E-state index contributed by atoms with van der Waals surface area (Å²) < 4.78 is 27.9. The molecule has 2 aliphatic heterocycles. The number of para-hydroxylation sites is 1. The van der Waals surface area contributed by atoms with Crippen molar-refractivity contribution in [1.82, 2.24) is 20.0 Å². The monoisotopic (exact) mass is 552 g/mol. The van der Waals surface area contributed by atoms with E-state index in [1.807, 2.05) is 6.07 Å². The average molecular weight is 553 g/mol. The van der Waals surface area contributed by atoms with Gasteiger partial charge < -0.3 is 10.0 Å². The number of halogens is 2. The van der Waals surface area contributed by atoms with Gasteiger partial charge in [0.1, 0.15) is 0 Å². The van der Waals surface area contributed by atoms with Crippen LogP contribution in [0.5, 0.6) is 0 Å². The summed E-state index contributed by atoms with van der Waals surface area (Å²) in [6, 6.07) is 8.31. The van der Waals surface area contributed by atoms with Crippen LogP contribution in [0.1, 0.15) is 63.0 Å². The van der Waals surface area contributed by atoms with Gasteiger partial charge in [0, 0.05) is 36.7 Å². The van der Waals surface area contributed by atoms with Gasteiger partial charge in [0.15, 0.2) is 0 Å².